The molecule has 20 heavy (non-hydrogen) atoms. The van der Waals surface area contributed by atoms with E-state index in [2.05, 4.69) is 10.6 Å². The molecule has 3 amide bonds. The predicted octanol–water partition coefficient (Wildman–Crippen LogP) is 1.75. The number of nitrogens with one attached hydrogen (secondary N) is 2. The Kier molecular flexibility index (Phi) is 5.71. The van der Waals surface area contributed by atoms with Gasteiger partial charge in [-0.1, -0.05) is 24.3 Å². The average Bonchev–Trinajstić information content (AvgIpc) is 2.36. The number of urea groups is 1. The summed E-state index contributed by atoms with van der Waals surface area (Å²) in [6.45, 7) is 3.74. The first-order chi connectivity index (χ1) is 9.40. The first-order valence-corrected chi connectivity index (χ1v) is 6.28. The second-order valence-corrected chi connectivity index (χ2v) is 4.49. The summed E-state index contributed by atoms with van der Waals surface area (Å²) in [5, 5.41) is 13.2. The first kappa shape index (κ1) is 15.7. The van der Waals surface area contributed by atoms with E-state index < -0.39 is 17.9 Å². The van der Waals surface area contributed by atoms with Gasteiger partial charge in [0.15, 0.2) is 0 Å². The Labute approximate surface area is 117 Å². The molecule has 1 aromatic rings. The number of hydrogen-bond donors (Lipinski definition) is 3. The highest BCUT2D eigenvalue weighted by atomic mass is 16.4. The number of amides is 3. The van der Waals surface area contributed by atoms with Gasteiger partial charge in [0.05, 0.1) is 12.5 Å². The van der Waals surface area contributed by atoms with Crippen molar-refractivity contribution in [2.24, 2.45) is 0 Å². The van der Waals surface area contributed by atoms with Gasteiger partial charge in [0.2, 0.25) is 5.91 Å². The third kappa shape index (κ3) is 5.09. The van der Waals surface area contributed by atoms with E-state index in [0.29, 0.717) is 0 Å². The zero-order valence-electron chi connectivity index (χ0n) is 11.5. The van der Waals surface area contributed by atoms with Crippen molar-refractivity contribution in [2.45, 2.75) is 32.7 Å². The number of carbonyl (C=O) groups is 3. The Bertz CT molecular complexity index is 514. The van der Waals surface area contributed by atoms with Crippen molar-refractivity contribution in [1.29, 1.82) is 0 Å². The van der Waals surface area contributed by atoms with Gasteiger partial charge in [0, 0.05) is 6.42 Å². The summed E-state index contributed by atoms with van der Waals surface area (Å²) in [6.07, 6.45) is -0.520. The van der Waals surface area contributed by atoms with Crippen molar-refractivity contribution in [1.82, 2.24) is 10.6 Å². The minimum Gasteiger partial charge on any atom is -0.481 e. The SMILES string of the molecule is Cc1ccccc1C(C)NC(=O)NC(=O)CCC(=O)O. The molecule has 6 nitrogen and oxygen atoms in total. The summed E-state index contributed by atoms with van der Waals surface area (Å²) in [5.74, 6) is -1.68. The Morgan fingerprint density at radius 2 is 1.85 bits per heavy atom. The number of carbonyl (C=O) groups excluding carboxylic acids is 2. The lowest BCUT2D eigenvalue weighted by Crippen LogP contribution is -2.40. The molecule has 1 atom stereocenters. The van der Waals surface area contributed by atoms with Gasteiger partial charge in [-0.2, -0.15) is 0 Å². The lowest BCUT2D eigenvalue weighted by atomic mass is 10.0. The van der Waals surface area contributed by atoms with E-state index >= 15 is 0 Å². The van der Waals surface area contributed by atoms with E-state index in [-0.39, 0.29) is 18.9 Å². The fourth-order valence-electron chi connectivity index (χ4n) is 1.79. The molecular formula is C14H18N2O4. The second-order valence-electron chi connectivity index (χ2n) is 4.49. The quantitative estimate of drug-likeness (QED) is 0.764. The summed E-state index contributed by atoms with van der Waals surface area (Å²) < 4.78 is 0. The Hall–Kier alpha value is -2.37. The van der Waals surface area contributed by atoms with Crippen LogP contribution in [-0.4, -0.2) is 23.0 Å². The molecule has 1 unspecified atom stereocenters. The molecule has 0 aliphatic heterocycles. The molecule has 108 valence electrons. The number of rotatable bonds is 5. The molecule has 0 aliphatic rings. The largest absolute Gasteiger partial charge is 0.481 e. The summed E-state index contributed by atoms with van der Waals surface area (Å²) in [5.41, 5.74) is 2.00. The standard InChI is InChI=1S/C14H18N2O4/c1-9-5-3-4-6-11(9)10(2)15-14(20)16-12(17)7-8-13(18)19/h3-6,10H,7-8H2,1-2H3,(H,18,19)(H2,15,16,17,20). The van der Waals surface area contributed by atoms with Crippen LogP contribution in [0.25, 0.3) is 0 Å². The molecule has 0 aromatic heterocycles. The van der Waals surface area contributed by atoms with Crippen LogP contribution in [0.4, 0.5) is 4.79 Å². The van der Waals surface area contributed by atoms with E-state index in [9.17, 15) is 14.4 Å². The Balaban J connectivity index is 2.48. The highest BCUT2D eigenvalue weighted by Gasteiger charge is 2.14. The van der Waals surface area contributed by atoms with E-state index in [1.54, 1.807) is 0 Å². The lowest BCUT2D eigenvalue weighted by Gasteiger charge is -2.16. The van der Waals surface area contributed by atoms with Gasteiger partial charge in [-0.3, -0.25) is 14.9 Å². The monoisotopic (exact) mass is 278 g/mol. The molecule has 6 heteroatoms. The normalized spacial score (nSPS) is 11.5. The molecule has 1 aromatic carbocycles. The van der Waals surface area contributed by atoms with Crippen molar-refractivity contribution in [3.8, 4) is 0 Å². The lowest BCUT2D eigenvalue weighted by molar-refractivity contribution is -0.138. The van der Waals surface area contributed by atoms with Gasteiger partial charge in [-0.15, -0.1) is 0 Å². The van der Waals surface area contributed by atoms with Crippen molar-refractivity contribution in [3.63, 3.8) is 0 Å². The maximum absolute atomic E-state index is 11.6. The molecule has 0 saturated heterocycles. The van der Waals surface area contributed by atoms with Gasteiger partial charge in [-0.25, -0.2) is 4.79 Å². The summed E-state index contributed by atoms with van der Waals surface area (Å²) in [6, 6.07) is 6.73. The number of imide groups is 1. The molecular weight excluding hydrogens is 260 g/mol. The van der Waals surface area contributed by atoms with E-state index in [4.69, 9.17) is 5.11 Å². The van der Waals surface area contributed by atoms with Crippen LogP contribution >= 0.6 is 0 Å². The molecule has 0 aliphatic carbocycles. The van der Waals surface area contributed by atoms with E-state index in [0.717, 1.165) is 11.1 Å². The average molecular weight is 278 g/mol. The summed E-state index contributed by atoms with van der Waals surface area (Å²) >= 11 is 0. The fraction of sp³-hybridized carbons (Fsp3) is 0.357. The van der Waals surface area contributed by atoms with Crippen LogP contribution in [0.1, 0.15) is 36.9 Å². The van der Waals surface area contributed by atoms with Crippen molar-refractivity contribution >= 4 is 17.9 Å². The molecule has 1 rings (SSSR count). The highest BCUT2D eigenvalue weighted by Crippen LogP contribution is 2.16. The second kappa shape index (κ2) is 7.28. The summed E-state index contributed by atoms with van der Waals surface area (Å²) in [7, 11) is 0. The molecule has 0 heterocycles. The predicted molar refractivity (Wildman–Crippen MR) is 73.1 cm³/mol. The Morgan fingerprint density at radius 3 is 2.45 bits per heavy atom. The molecule has 0 bridgehead atoms. The number of aryl methyl sites for hydroxylation is 1. The van der Waals surface area contributed by atoms with Crippen LogP contribution < -0.4 is 10.6 Å². The number of benzene rings is 1. The van der Waals surface area contributed by atoms with Crippen LogP contribution in [0.3, 0.4) is 0 Å². The van der Waals surface area contributed by atoms with E-state index in [1.807, 2.05) is 38.1 Å². The maximum atomic E-state index is 11.6. The van der Waals surface area contributed by atoms with Crippen LogP contribution in [0.2, 0.25) is 0 Å². The van der Waals surface area contributed by atoms with Crippen LogP contribution in [0.15, 0.2) is 24.3 Å². The van der Waals surface area contributed by atoms with Gasteiger partial charge in [0.25, 0.3) is 0 Å². The van der Waals surface area contributed by atoms with E-state index in [1.165, 1.54) is 0 Å². The molecule has 0 radical (unpaired) electrons. The number of carboxylic acid groups (broad SMARTS) is 1. The van der Waals surface area contributed by atoms with Crippen molar-refractivity contribution in [2.75, 3.05) is 0 Å². The molecule has 0 saturated carbocycles. The number of hydrogen-bond acceptors (Lipinski definition) is 3. The Morgan fingerprint density at radius 1 is 1.20 bits per heavy atom. The zero-order valence-corrected chi connectivity index (χ0v) is 11.5. The van der Waals surface area contributed by atoms with Crippen molar-refractivity contribution in [3.05, 3.63) is 35.4 Å². The van der Waals surface area contributed by atoms with Gasteiger partial charge < -0.3 is 10.4 Å². The minimum absolute atomic E-state index is 0.221. The molecule has 3 N–H and O–H groups in total. The smallest absolute Gasteiger partial charge is 0.321 e. The van der Waals surface area contributed by atoms with Gasteiger partial charge in [0.1, 0.15) is 0 Å². The third-order valence-electron chi connectivity index (χ3n) is 2.82. The molecule has 0 fully saturated rings. The topological polar surface area (TPSA) is 95.5 Å². The van der Waals surface area contributed by atoms with Crippen LogP contribution in [0, 0.1) is 6.92 Å². The number of carboxylic acids is 1. The number of aliphatic carboxylic acids is 1. The first-order valence-electron chi connectivity index (χ1n) is 6.28. The zero-order chi connectivity index (χ0) is 15.1. The van der Waals surface area contributed by atoms with Crippen LogP contribution in [0.5, 0.6) is 0 Å². The van der Waals surface area contributed by atoms with Crippen molar-refractivity contribution < 1.29 is 19.5 Å². The highest BCUT2D eigenvalue weighted by molar-refractivity contribution is 5.95. The maximum Gasteiger partial charge on any atom is 0.321 e. The van der Waals surface area contributed by atoms with Gasteiger partial charge in [-0.05, 0) is 25.0 Å². The molecule has 0 spiro atoms. The van der Waals surface area contributed by atoms with Gasteiger partial charge >= 0.3 is 12.0 Å². The third-order valence-corrected chi connectivity index (χ3v) is 2.82. The summed E-state index contributed by atoms with van der Waals surface area (Å²) in [4.78, 5) is 33.2. The van der Waals surface area contributed by atoms with Crippen LogP contribution in [-0.2, 0) is 9.59 Å². The minimum atomic E-state index is -1.08. The fourth-order valence-corrected chi connectivity index (χ4v) is 1.79.